The standard InChI is InChI=1S/C11H16N2O3.2C2H6/c1-2-12-9(14)5-3-4-8-13-10(15)6-7-11(13)16;2*1-2/h6-7H,2-5,8H2,1H3,(H,12,14);2*1-2H3. The summed E-state index contributed by atoms with van der Waals surface area (Å²) in [6.07, 6.45) is 4.33. The molecule has 0 saturated carbocycles. The van der Waals surface area contributed by atoms with E-state index in [1.807, 2.05) is 34.6 Å². The molecule has 1 aliphatic rings. The molecule has 0 bridgehead atoms. The lowest BCUT2D eigenvalue weighted by molar-refractivity contribution is -0.136. The zero-order valence-corrected chi connectivity index (χ0v) is 13.4. The van der Waals surface area contributed by atoms with E-state index in [9.17, 15) is 14.4 Å². The highest BCUT2D eigenvalue weighted by Crippen LogP contribution is 2.06. The predicted molar refractivity (Wildman–Crippen MR) is 81.1 cm³/mol. The minimum atomic E-state index is -0.261. The number of imide groups is 1. The maximum absolute atomic E-state index is 11.2. The third-order valence-electron chi connectivity index (χ3n) is 2.31. The lowest BCUT2D eigenvalue weighted by atomic mass is 10.2. The van der Waals surface area contributed by atoms with Gasteiger partial charge in [-0.2, -0.15) is 0 Å². The number of hydrogen-bond donors (Lipinski definition) is 1. The first-order valence-electron chi connectivity index (χ1n) is 7.45. The van der Waals surface area contributed by atoms with Gasteiger partial charge in [0.25, 0.3) is 11.8 Å². The summed E-state index contributed by atoms with van der Waals surface area (Å²) in [7, 11) is 0. The predicted octanol–water partition coefficient (Wildman–Crippen LogP) is 2.27. The summed E-state index contributed by atoms with van der Waals surface area (Å²) in [5.74, 6) is -0.509. The minimum absolute atomic E-state index is 0.0136. The Hall–Kier alpha value is -1.65. The van der Waals surface area contributed by atoms with E-state index in [4.69, 9.17) is 0 Å². The van der Waals surface area contributed by atoms with Crippen molar-refractivity contribution >= 4 is 17.7 Å². The van der Waals surface area contributed by atoms with Crippen molar-refractivity contribution in [3.63, 3.8) is 0 Å². The summed E-state index contributed by atoms with van der Waals surface area (Å²) in [5, 5.41) is 2.69. The summed E-state index contributed by atoms with van der Waals surface area (Å²) in [6.45, 7) is 10.9. The fourth-order valence-corrected chi connectivity index (χ4v) is 1.49. The SMILES string of the molecule is CC.CC.CCNC(=O)CCCCN1C(=O)C=CC1=O. The average molecular weight is 284 g/mol. The molecule has 0 atom stereocenters. The zero-order chi connectivity index (χ0) is 16.0. The summed E-state index contributed by atoms with van der Waals surface area (Å²) in [4.78, 5) is 34.6. The van der Waals surface area contributed by atoms with Crippen molar-refractivity contribution in [2.45, 2.75) is 53.9 Å². The van der Waals surface area contributed by atoms with Crippen molar-refractivity contribution in [2.75, 3.05) is 13.1 Å². The number of amides is 3. The quantitative estimate of drug-likeness (QED) is 0.601. The van der Waals surface area contributed by atoms with Gasteiger partial charge in [0.05, 0.1) is 0 Å². The van der Waals surface area contributed by atoms with Gasteiger partial charge in [0, 0.05) is 31.7 Å². The summed E-state index contributed by atoms with van der Waals surface area (Å²) in [5.41, 5.74) is 0. The summed E-state index contributed by atoms with van der Waals surface area (Å²) < 4.78 is 0. The molecule has 1 rings (SSSR count). The number of hydrogen-bond acceptors (Lipinski definition) is 3. The lowest BCUT2D eigenvalue weighted by Gasteiger charge is -2.12. The Labute approximate surface area is 122 Å². The van der Waals surface area contributed by atoms with Gasteiger partial charge in [-0.1, -0.05) is 27.7 Å². The van der Waals surface area contributed by atoms with E-state index in [0.717, 1.165) is 0 Å². The van der Waals surface area contributed by atoms with Gasteiger partial charge in [-0.3, -0.25) is 19.3 Å². The van der Waals surface area contributed by atoms with E-state index in [2.05, 4.69) is 5.32 Å². The largest absolute Gasteiger partial charge is 0.356 e. The number of nitrogens with one attached hydrogen (secondary N) is 1. The van der Waals surface area contributed by atoms with Crippen molar-refractivity contribution in [1.82, 2.24) is 10.2 Å². The monoisotopic (exact) mass is 284 g/mol. The molecule has 0 aromatic rings. The molecule has 0 fully saturated rings. The van der Waals surface area contributed by atoms with Gasteiger partial charge in [-0.05, 0) is 19.8 Å². The van der Waals surface area contributed by atoms with Crippen molar-refractivity contribution in [3.8, 4) is 0 Å². The Bertz CT molecular complexity index is 307. The van der Waals surface area contributed by atoms with Crippen LogP contribution in [0.15, 0.2) is 12.2 Å². The van der Waals surface area contributed by atoms with E-state index in [1.54, 1.807) is 0 Å². The van der Waals surface area contributed by atoms with Gasteiger partial charge in [0.15, 0.2) is 0 Å². The molecule has 1 heterocycles. The molecule has 0 spiro atoms. The molecule has 5 nitrogen and oxygen atoms in total. The van der Waals surface area contributed by atoms with Crippen molar-refractivity contribution < 1.29 is 14.4 Å². The second kappa shape index (κ2) is 13.8. The highest BCUT2D eigenvalue weighted by atomic mass is 16.2. The van der Waals surface area contributed by atoms with Crippen LogP contribution in [0.3, 0.4) is 0 Å². The summed E-state index contributed by atoms with van der Waals surface area (Å²) in [6, 6.07) is 0. The summed E-state index contributed by atoms with van der Waals surface area (Å²) >= 11 is 0. The second-order valence-electron chi connectivity index (χ2n) is 3.57. The van der Waals surface area contributed by atoms with Crippen LogP contribution in [0.25, 0.3) is 0 Å². The van der Waals surface area contributed by atoms with Gasteiger partial charge >= 0.3 is 0 Å². The van der Waals surface area contributed by atoms with Crippen LogP contribution in [-0.2, 0) is 14.4 Å². The van der Waals surface area contributed by atoms with Gasteiger partial charge < -0.3 is 5.32 Å². The molecule has 0 aromatic heterocycles. The first kappa shape index (κ1) is 20.7. The van der Waals surface area contributed by atoms with Gasteiger partial charge in [-0.25, -0.2) is 0 Å². The van der Waals surface area contributed by atoms with E-state index in [1.165, 1.54) is 17.1 Å². The molecular formula is C15H28N2O3. The van der Waals surface area contributed by atoms with Gasteiger partial charge in [-0.15, -0.1) is 0 Å². The van der Waals surface area contributed by atoms with Crippen LogP contribution in [-0.4, -0.2) is 35.7 Å². The Kier molecular flexibility index (Phi) is 14.2. The number of rotatable bonds is 6. The van der Waals surface area contributed by atoms with Crippen molar-refractivity contribution in [2.24, 2.45) is 0 Å². The Morgan fingerprint density at radius 1 is 1.05 bits per heavy atom. The van der Waals surface area contributed by atoms with Crippen LogP contribution in [0.2, 0.25) is 0 Å². The fraction of sp³-hybridized carbons (Fsp3) is 0.667. The highest BCUT2D eigenvalue weighted by molar-refractivity contribution is 6.12. The molecule has 116 valence electrons. The Morgan fingerprint density at radius 2 is 1.55 bits per heavy atom. The van der Waals surface area contributed by atoms with Crippen LogP contribution >= 0.6 is 0 Å². The third-order valence-corrected chi connectivity index (χ3v) is 2.31. The molecule has 0 aliphatic carbocycles. The lowest BCUT2D eigenvalue weighted by Crippen LogP contribution is -2.31. The highest BCUT2D eigenvalue weighted by Gasteiger charge is 2.22. The topological polar surface area (TPSA) is 66.5 Å². The number of unbranched alkanes of at least 4 members (excludes halogenated alkanes) is 1. The molecule has 1 aliphatic heterocycles. The molecular weight excluding hydrogens is 256 g/mol. The van der Waals surface area contributed by atoms with Gasteiger partial charge in [0.2, 0.25) is 5.91 Å². The van der Waals surface area contributed by atoms with E-state index < -0.39 is 0 Å². The van der Waals surface area contributed by atoms with Crippen LogP contribution in [0.5, 0.6) is 0 Å². The molecule has 20 heavy (non-hydrogen) atoms. The Balaban J connectivity index is 0. The molecule has 1 N–H and O–H groups in total. The fourth-order valence-electron chi connectivity index (χ4n) is 1.49. The molecule has 0 aromatic carbocycles. The number of carbonyl (C=O) groups is 3. The van der Waals surface area contributed by atoms with E-state index in [0.29, 0.717) is 32.4 Å². The molecule has 0 radical (unpaired) electrons. The molecule has 5 heteroatoms. The smallest absolute Gasteiger partial charge is 0.253 e. The van der Waals surface area contributed by atoms with Crippen LogP contribution in [0.4, 0.5) is 0 Å². The van der Waals surface area contributed by atoms with E-state index in [-0.39, 0.29) is 17.7 Å². The maximum Gasteiger partial charge on any atom is 0.253 e. The van der Waals surface area contributed by atoms with Crippen LogP contribution in [0.1, 0.15) is 53.9 Å². The Morgan fingerprint density at radius 3 is 2.00 bits per heavy atom. The second-order valence-corrected chi connectivity index (χ2v) is 3.57. The zero-order valence-electron chi connectivity index (χ0n) is 13.4. The minimum Gasteiger partial charge on any atom is -0.356 e. The first-order chi connectivity index (χ1) is 9.65. The molecule has 0 unspecified atom stereocenters. The number of nitrogens with zero attached hydrogens (tertiary/aromatic N) is 1. The molecule has 3 amide bonds. The average Bonchev–Trinajstić information content (AvgIpc) is 2.79. The van der Waals surface area contributed by atoms with E-state index >= 15 is 0 Å². The normalized spacial score (nSPS) is 12.3. The number of carbonyl (C=O) groups excluding carboxylic acids is 3. The maximum atomic E-state index is 11.2. The van der Waals surface area contributed by atoms with Crippen LogP contribution < -0.4 is 5.32 Å². The third kappa shape index (κ3) is 8.45. The van der Waals surface area contributed by atoms with Gasteiger partial charge in [0.1, 0.15) is 0 Å². The van der Waals surface area contributed by atoms with Crippen LogP contribution in [0, 0.1) is 0 Å². The first-order valence-corrected chi connectivity index (χ1v) is 7.45. The molecule has 0 saturated heterocycles. The van der Waals surface area contributed by atoms with Crippen molar-refractivity contribution in [1.29, 1.82) is 0 Å². The van der Waals surface area contributed by atoms with Crippen molar-refractivity contribution in [3.05, 3.63) is 12.2 Å².